The first kappa shape index (κ1) is 28.1. The number of carbonyl (C=O) groups is 1. The average Bonchev–Trinajstić information content (AvgIpc) is 2.91. The van der Waals surface area contributed by atoms with Gasteiger partial charge in [0, 0.05) is 18.2 Å². The van der Waals surface area contributed by atoms with Crippen LogP contribution in [0.2, 0.25) is 0 Å². The summed E-state index contributed by atoms with van der Waals surface area (Å²) in [5.74, 6) is -0.493. The van der Waals surface area contributed by atoms with E-state index in [2.05, 4.69) is 0 Å². The molecule has 1 aliphatic rings. The standard InChI is InChI=1S/C30H28O11/c1-14-9-17-11-19(12-21(33)25(17)29-24(14)20(32)10-15(2)39-29)40-30-28(37)27(36)26(35)22(41-30)13-38-23(34)8-5-16-3-6-18(31)7-4-16/h3-12,22,26-28,30-31,33,35-37H,13H2,1-2H3. The number of aryl methyl sites for hydroxylation is 2. The molecule has 0 saturated carbocycles. The van der Waals surface area contributed by atoms with Gasteiger partial charge in [0.1, 0.15) is 59.6 Å². The van der Waals surface area contributed by atoms with E-state index in [1.165, 1.54) is 30.3 Å². The van der Waals surface area contributed by atoms with Crippen LogP contribution in [0, 0.1) is 13.8 Å². The lowest BCUT2D eigenvalue weighted by Crippen LogP contribution is -2.60. The number of fused-ring (bicyclic) bond motifs is 3. The van der Waals surface area contributed by atoms with E-state index < -0.39 is 43.3 Å². The third-order valence-corrected chi connectivity index (χ3v) is 6.80. The Kier molecular flexibility index (Phi) is 7.70. The van der Waals surface area contributed by atoms with Crippen LogP contribution < -0.4 is 10.2 Å². The predicted octanol–water partition coefficient (Wildman–Crippen LogP) is 2.42. The van der Waals surface area contributed by atoms with Gasteiger partial charge in [-0.15, -0.1) is 0 Å². The van der Waals surface area contributed by atoms with Gasteiger partial charge >= 0.3 is 5.97 Å². The minimum Gasteiger partial charge on any atom is -0.508 e. The number of aliphatic hydroxyl groups excluding tert-OH is 3. The van der Waals surface area contributed by atoms with Gasteiger partial charge in [0.2, 0.25) is 6.29 Å². The minimum atomic E-state index is -1.69. The highest BCUT2D eigenvalue weighted by Gasteiger charge is 2.45. The molecular weight excluding hydrogens is 536 g/mol. The van der Waals surface area contributed by atoms with Crippen LogP contribution in [0.3, 0.4) is 0 Å². The van der Waals surface area contributed by atoms with Crippen molar-refractivity contribution in [2.75, 3.05) is 6.61 Å². The van der Waals surface area contributed by atoms with Crippen LogP contribution >= 0.6 is 0 Å². The minimum absolute atomic E-state index is 0.0592. The lowest BCUT2D eigenvalue weighted by Gasteiger charge is -2.39. The number of hydrogen-bond donors (Lipinski definition) is 5. The highest BCUT2D eigenvalue weighted by Crippen LogP contribution is 2.38. The number of hydrogen-bond acceptors (Lipinski definition) is 11. The normalized spacial score (nSPS) is 22.8. The molecule has 0 aliphatic carbocycles. The van der Waals surface area contributed by atoms with Gasteiger partial charge < -0.3 is 44.2 Å². The van der Waals surface area contributed by atoms with Crippen LogP contribution in [-0.2, 0) is 14.3 Å². The molecule has 2 heterocycles. The van der Waals surface area contributed by atoms with Gasteiger partial charge in [0.25, 0.3) is 0 Å². The molecule has 0 bridgehead atoms. The molecule has 1 saturated heterocycles. The Hall–Kier alpha value is -4.42. The fourth-order valence-electron chi connectivity index (χ4n) is 4.76. The zero-order valence-corrected chi connectivity index (χ0v) is 22.1. The van der Waals surface area contributed by atoms with Gasteiger partial charge in [0.15, 0.2) is 5.43 Å². The number of phenols is 2. The van der Waals surface area contributed by atoms with Gasteiger partial charge in [0.05, 0.1) is 10.8 Å². The number of phenolic OH excluding ortho intramolecular Hbond substituents is 2. The molecule has 214 valence electrons. The zero-order chi connectivity index (χ0) is 29.4. The van der Waals surface area contributed by atoms with Crippen molar-refractivity contribution in [1.82, 2.24) is 0 Å². The molecule has 0 amide bonds. The average molecular weight is 565 g/mol. The number of ether oxygens (including phenoxy) is 3. The highest BCUT2D eigenvalue weighted by atomic mass is 16.7. The first-order chi connectivity index (χ1) is 19.5. The third kappa shape index (κ3) is 5.74. The lowest BCUT2D eigenvalue weighted by atomic mass is 9.99. The van der Waals surface area contributed by atoms with Crippen LogP contribution in [0.5, 0.6) is 17.2 Å². The molecule has 11 nitrogen and oxygen atoms in total. The fraction of sp³-hybridized carbons (Fsp3) is 0.267. The Bertz CT molecular complexity index is 1690. The monoisotopic (exact) mass is 564 g/mol. The molecule has 0 spiro atoms. The summed E-state index contributed by atoms with van der Waals surface area (Å²) < 4.78 is 22.3. The number of esters is 1. The Balaban J connectivity index is 1.33. The second kappa shape index (κ2) is 11.2. The van der Waals surface area contributed by atoms with E-state index in [1.807, 2.05) is 0 Å². The van der Waals surface area contributed by atoms with Crippen molar-refractivity contribution in [2.45, 2.75) is 44.6 Å². The summed E-state index contributed by atoms with van der Waals surface area (Å²) in [4.78, 5) is 24.7. The first-order valence-corrected chi connectivity index (χ1v) is 12.7. The lowest BCUT2D eigenvalue weighted by molar-refractivity contribution is -0.278. The summed E-state index contributed by atoms with van der Waals surface area (Å²) in [6, 6.07) is 12.0. The van der Waals surface area contributed by atoms with E-state index in [-0.39, 0.29) is 28.3 Å². The van der Waals surface area contributed by atoms with Crippen LogP contribution in [0.1, 0.15) is 16.9 Å². The van der Waals surface area contributed by atoms with Crippen molar-refractivity contribution < 1.29 is 49.0 Å². The van der Waals surface area contributed by atoms with E-state index in [0.717, 1.165) is 6.08 Å². The fourth-order valence-corrected chi connectivity index (χ4v) is 4.76. The summed E-state index contributed by atoms with van der Waals surface area (Å²) in [5, 5.41) is 52.6. The number of benzene rings is 3. The molecule has 5 unspecified atom stereocenters. The Morgan fingerprint density at radius 3 is 2.41 bits per heavy atom. The number of aliphatic hydroxyl groups is 3. The van der Waals surface area contributed by atoms with Gasteiger partial charge in [-0.2, -0.15) is 0 Å². The molecule has 3 aromatic carbocycles. The molecule has 1 aromatic heterocycles. The Morgan fingerprint density at radius 1 is 0.951 bits per heavy atom. The molecule has 5 rings (SSSR count). The molecule has 1 fully saturated rings. The summed E-state index contributed by atoms with van der Waals surface area (Å²) in [6.07, 6.45) is -5.10. The largest absolute Gasteiger partial charge is 0.508 e. The number of carbonyl (C=O) groups excluding carboxylic acids is 1. The first-order valence-electron chi connectivity index (χ1n) is 12.7. The maximum Gasteiger partial charge on any atom is 0.330 e. The summed E-state index contributed by atoms with van der Waals surface area (Å²) >= 11 is 0. The quantitative estimate of drug-likeness (QED) is 0.132. The number of aromatic hydroxyl groups is 2. The van der Waals surface area contributed by atoms with Gasteiger partial charge in [-0.3, -0.25) is 4.79 Å². The number of rotatable bonds is 6. The summed E-state index contributed by atoms with van der Waals surface area (Å²) in [7, 11) is 0. The maximum atomic E-state index is 12.5. The molecule has 11 heteroatoms. The molecule has 41 heavy (non-hydrogen) atoms. The van der Waals surface area contributed by atoms with E-state index in [1.54, 1.807) is 38.1 Å². The van der Waals surface area contributed by atoms with Crippen LogP contribution in [0.4, 0.5) is 0 Å². The Labute approximate surface area is 233 Å². The van der Waals surface area contributed by atoms with Crippen molar-refractivity contribution in [3.8, 4) is 17.2 Å². The van der Waals surface area contributed by atoms with Gasteiger partial charge in [-0.25, -0.2) is 4.79 Å². The van der Waals surface area contributed by atoms with Gasteiger partial charge in [-0.05, 0) is 54.6 Å². The molecule has 0 radical (unpaired) electrons. The van der Waals surface area contributed by atoms with E-state index >= 15 is 0 Å². The molecule has 5 atom stereocenters. The van der Waals surface area contributed by atoms with Crippen LogP contribution in [-0.4, -0.2) is 68.8 Å². The van der Waals surface area contributed by atoms with Gasteiger partial charge in [-0.1, -0.05) is 18.2 Å². The Morgan fingerprint density at radius 2 is 1.68 bits per heavy atom. The van der Waals surface area contributed by atoms with Crippen molar-refractivity contribution in [3.63, 3.8) is 0 Å². The smallest absolute Gasteiger partial charge is 0.330 e. The summed E-state index contributed by atoms with van der Waals surface area (Å²) in [5.41, 5.74) is 1.24. The van der Waals surface area contributed by atoms with Crippen molar-refractivity contribution in [2.24, 2.45) is 0 Å². The van der Waals surface area contributed by atoms with Crippen LogP contribution in [0.15, 0.2) is 63.8 Å². The molecule has 5 N–H and O–H groups in total. The van der Waals surface area contributed by atoms with E-state index in [0.29, 0.717) is 33.0 Å². The molecule has 4 aromatic rings. The second-order valence-electron chi connectivity index (χ2n) is 9.85. The van der Waals surface area contributed by atoms with Crippen molar-refractivity contribution in [3.05, 3.63) is 81.7 Å². The predicted molar refractivity (Wildman–Crippen MR) is 147 cm³/mol. The molecular formula is C30H28O11. The SMILES string of the molecule is Cc1cc(=O)c2c(C)cc3cc(OC4OC(COC(=O)C=Cc5ccc(O)cc5)C(O)C(O)C4O)cc(O)c3c2o1. The summed E-state index contributed by atoms with van der Waals surface area (Å²) in [6.45, 7) is 2.90. The maximum absolute atomic E-state index is 12.5. The topological polar surface area (TPSA) is 176 Å². The van der Waals surface area contributed by atoms with E-state index in [4.69, 9.17) is 18.6 Å². The van der Waals surface area contributed by atoms with Crippen molar-refractivity contribution >= 4 is 33.8 Å². The highest BCUT2D eigenvalue weighted by molar-refractivity contribution is 6.09. The van der Waals surface area contributed by atoms with E-state index in [9.17, 15) is 35.1 Å². The van der Waals surface area contributed by atoms with Crippen LogP contribution in [0.25, 0.3) is 27.8 Å². The van der Waals surface area contributed by atoms with Crippen molar-refractivity contribution in [1.29, 1.82) is 0 Å². The molecule has 1 aliphatic heterocycles. The second-order valence-corrected chi connectivity index (χ2v) is 9.85. The zero-order valence-electron chi connectivity index (χ0n) is 22.1. The third-order valence-electron chi connectivity index (χ3n) is 6.80.